The smallest absolute Gasteiger partial charge is 0.234 e. The fourth-order valence-electron chi connectivity index (χ4n) is 4.94. The van der Waals surface area contributed by atoms with E-state index in [-0.39, 0.29) is 5.91 Å². The average molecular weight is 460 g/mol. The molecule has 8 nitrogen and oxygen atoms in total. The molecule has 0 radical (unpaired) electrons. The van der Waals surface area contributed by atoms with Crippen LogP contribution in [0.4, 0.5) is 0 Å². The highest BCUT2D eigenvalue weighted by Crippen LogP contribution is 2.47. The standard InChI is InChI=1S/C26H29N5O3/c1-33-21-11-10-20(18-8-9-19(15-27)22(14-18)34-2)31-23(21)29-24(30-31)26(12-13-26)25(32)28-16-17-6-4-3-5-7-17/h8-11,14,17H,3-7,12-13,16H2,1-2H3,(H,28,32). The number of nitriles is 1. The minimum atomic E-state index is -0.675. The number of nitrogens with zero attached hydrogens (tertiary/aromatic N) is 4. The zero-order valence-corrected chi connectivity index (χ0v) is 19.6. The van der Waals surface area contributed by atoms with E-state index in [1.54, 1.807) is 24.8 Å². The molecule has 176 valence electrons. The summed E-state index contributed by atoms with van der Waals surface area (Å²) >= 11 is 0. The lowest BCUT2D eigenvalue weighted by molar-refractivity contribution is -0.124. The summed E-state index contributed by atoms with van der Waals surface area (Å²) in [6.45, 7) is 0.730. The molecule has 0 aliphatic heterocycles. The van der Waals surface area contributed by atoms with Gasteiger partial charge in [0.05, 0.1) is 25.5 Å². The van der Waals surface area contributed by atoms with Gasteiger partial charge in [0.2, 0.25) is 5.91 Å². The molecule has 1 N–H and O–H groups in total. The Balaban J connectivity index is 1.49. The first-order chi connectivity index (χ1) is 16.6. The van der Waals surface area contributed by atoms with Crippen LogP contribution in [0.25, 0.3) is 16.9 Å². The molecule has 1 aromatic carbocycles. The molecule has 3 aromatic rings. The lowest BCUT2D eigenvalue weighted by Crippen LogP contribution is -2.38. The summed E-state index contributed by atoms with van der Waals surface area (Å²) in [6, 6.07) is 11.3. The van der Waals surface area contributed by atoms with E-state index in [1.165, 1.54) is 32.1 Å². The summed E-state index contributed by atoms with van der Waals surface area (Å²) in [5.74, 6) is 2.20. The van der Waals surface area contributed by atoms with Crippen molar-refractivity contribution in [2.45, 2.75) is 50.4 Å². The molecule has 2 aliphatic carbocycles. The van der Waals surface area contributed by atoms with Gasteiger partial charge >= 0.3 is 0 Å². The molecule has 0 bridgehead atoms. The van der Waals surface area contributed by atoms with Gasteiger partial charge in [0.25, 0.3) is 0 Å². The molecule has 34 heavy (non-hydrogen) atoms. The highest BCUT2D eigenvalue weighted by atomic mass is 16.5. The van der Waals surface area contributed by atoms with E-state index < -0.39 is 5.41 Å². The number of rotatable bonds is 7. The Kier molecular flexibility index (Phi) is 5.86. The fraction of sp³-hybridized carbons (Fsp3) is 0.462. The number of carbonyl (C=O) groups excluding carboxylic acids is 1. The summed E-state index contributed by atoms with van der Waals surface area (Å²) in [6.07, 6.45) is 7.66. The second-order valence-corrected chi connectivity index (χ2v) is 9.28. The first kappa shape index (κ1) is 22.2. The molecule has 2 fully saturated rings. The van der Waals surface area contributed by atoms with Crippen molar-refractivity contribution in [2.75, 3.05) is 20.8 Å². The van der Waals surface area contributed by atoms with Gasteiger partial charge in [-0.15, -0.1) is 5.10 Å². The van der Waals surface area contributed by atoms with Crippen molar-refractivity contribution in [3.8, 4) is 28.8 Å². The average Bonchev–Trinajstić information content (AvgIpc) is 3.58. The fourth-order valence-corrected chi connectivity index (χ4v) is 4.94. The minimum absolute atomic E-state index is 0.0227. The van der Waals surface area contributed by atoms with Crippen molar-refractivity contribution in [1.29, 1.82) is 5.26 Å². The summed E-state index contributed by atoms with van der Waals surface area (Å²) in [7, 11) is 3.14. The van der Waals surface area contributed by atoms with Gasteiger partial charge in [-0.1, -0.05) is 25.3 Å². The molecule has 2 heterocycles. The number of ether oxygens (including phenoxy) is 2. The quantitative estimate of drug-likeness (QED) is 0.573. The third-order valence-electron chi connectivity index (χ3n) is 7.17. The number of amides is 1. The van der Waals surface area contributed by atoms with Crippen molar-refractivity contribution in [2.24, 2.45) is 5.92 Å². The molecule has 0 atom stereocenters. The predicted octanol–water partition coefficient (Wildman–Crippen LogP) is 4.01. The molecule has 0 spiro atoms. The molecule has 1 amide bonds. The van der Waals surface area contributed by atoms with Gasteiger partial charge in [0.15, 0.2) is 17.2 Å². The van der Waals surface area contributed by atoms with Crippen LogP contribution in [-0.2, 0) is 10.2 Å². The van der Waals surface area contributed by atoms with Crippen LogP contribution in [-0.4, -0.2) is 41.3 Å². The summed E-state index contributed by atoms with van der Waals surface area (Å²) in [5.41, 5.74) is 1.94. The Hall–Kier alpha value is -3.60. The lowest BCUT2D eigenvalue weighted by Gasteiger charge is -2.22. The van der Waals surface area contributed by atoms with Crippen molar-refractivity contribution in [3.63, 3.8) is 0 Å². The van der Waals surface area contributed by atoms with Gasteiger partial charge in [0.1, 0.15) is 17.2 Å². The van der Waals surface area contributed by atoms with Crippen LogP contribution < -0.4 is 14.8 Å². The summed E-state index contributed by atoms with van der Waals surface area (Å²) in [5, 5.41) is 17.3. The highest BCUT2D eigenvalue weighted by molar-refractivity contribution is 5.90. The number of aromatic nitrogens is 3. The number of hydrogen-bond donors (Lipinski definition) is 1. The maximum absolute atomic E-state index is 13.2. The molecule has 0 unspecified atom stereocenters. The zero-order valence-electron chi connectivity index (χ0n) is 19.6. The Morgan fingerprint density at radius 1 is 1.15 bits per heavy atom. The first-order valence-corrected chi connectivity index (χ1v) is 11.9. The van der Waals surface area contributed by atoms with Gasteiger partial charge < -0.3 is 14.8 Å². The topological polar surface area (TPSA) is 102 Å². The van der Waals surface area contributed by atoms with E-state index in [4.69, 9.17) is 19.6 Å². The van der Waals surface area contributed by atoms with Gasteiger partial charge in [-0.3, -0.25) is 4.79 Å². The molecule has 0 saturated heterocycles. The third kappa shape index (κ3) is 3.85. The molecule has 2 aromatic heterocycles. The molecular weight excluding hydrogens is 430 g/mol. The van der Waals surface area contributed by atoms with Crippen LogP contribution in [0.2, 0.25) is 0 Å². The number of carbonyl (C=O) groups is 1. The van der Waals surface area contributed by atoms with Crippen LogP contribution in [0.5, 0.6) is 11.5 Å². The Bertz CT molecular complexity index is 1270. The predicted molar refractivity (Wildman–Crippen MR) is 127 cm³/mol. The first-order valence-electron chi connectivity index (χ1n) is 11.9. The van der Waals surface area contributed by atoms with Crippen LogP contribution in [0.3, 0.4) is 0 Å². The van der Waals surface area contributed by atoms with Gasteiger partial charge in [0, 0.05) is 12.1 Å². The van der Waals surface area contributed by atoms with Gasteiger partial charge in [-0.05, 0) is 55.9 Å². The van der Waals surface area contributed by atoms with E-state index >= 15 is 0 Å². The van der Waals surface area contributed by atoms with Gasteiger partial charge in [-0.2, -0.15) is 5.26 Å². The van der Waals surface area contributed by atoms with E-state index in [9.17, 15) is 10.1 Å². The highest BCUT2D eigenvalue weighted by Gasteiger charge is 2.55. The Morgan fingerprint density at radius 2 is 1.91 bits per heavy atom. The summed E-state index contributed by atoms with van der Waals surface area (Å²) < 4.78 is 12.7. The van der Waals surface area contributed by atoms with Crippen molar-refractivity contribution >= 4 is 11.6 Å². The number of methoxy groups -OCH3 is 2. The van der Waals surface area contributed by atoms with Crippen molar-refractivity contribution in [1.82, 2.24) is 19.9 Å². The van der Waals surface area contributed by atoms with E-state index in [2.05, 4.69) is 11.4 Å². The van der Waals surface area contributed by atoms with Crippen LogP contribution in [0, 0.1) is 17.2 Å². The normalized spacial score (nSPS) is 17.2. The number of pyridine rings is 1. The maximum atomic E-state index is 13.2. The van der Waals surface area contributed by atoms with E-state index in [1.807, 2.05) is 24.3 Å². The van der Waals surface area contributed by atoms with Crippen molar-refractivity contribution in [3.05, 3.63) is 41.7 Å². The largest absolute Gasteiger partial charge is 0.495 e. The van der Waals surface area contributed by atoms with Crippen LogP contribution in [0.1, 0.15) is 56.3 Å². The summed E-state index contributed by atoms with van der Waals surface area (Å²) in [4.78, 5) is 18.0. The number of fused-ring (bicyclic) bond motifs is 1. The molecule has 5 rings (SSSR count). The Morgan fingerprint density at radius 3 is 2.59 bits per heavy atom. The van der Waals surface area contributed by atoms with Gasteiger partial charge in [-0.25, -0.2) is 9.50 Å². The van der Waals surface area contributed by atoms with E-state index in [0.29, 0.717) is 34.5 Å². The van der Waals surface area contributed by atoms with Crippen LogP contribution in [0.15, 0.2) is 30.3 Å². The second-order valence-electron chi connectivity index (χ2n) is 9.28. The van der Waals surface area contributed by atoms with Crippen LogP contribution >= 0.6 is 0 Å². The zero-order chi connectivity index (χ0) is 23.7. The lowest BCUT2D eigenvalue weighted by atomic mass is 9.89. The molecule has 2 aliphatic rings. The number of hydrogen-bond acceptors (Lipinski definition) is 6. The SMILES string of the molecule is COc1cc(-c2ccc(OC)c3nc(C4(C(=O)NCC5CCCCC5)CC4)nn23)ccc1C#N. The second kappa shape index (κ2) is 8.98. The molecule has 2 saturated carbocycles. The van der Waals surface area contributed by atoms with E-state index in [0.717, 1.165) is 30.6 Å². The monoisotopic (exact) mass is 459 g/mol. The molecule has 8 heteroatoms. The number of nitrogens with one attached hydrogen (secondary N) is 1. The molecular formula is C26H29N5O3. The third-order valence-corrected chi connectivity index (χ3v) is 7.17. The number of benzene rings is 1. The van der Waals surface area contributed by atoms with Crippen molar-refractivity contribution < 1.29 is 14.3 Å². The Labute approximate surface area is 198 Å². The maximum Gasteiger partial charge on any atom is 0.234 e. The minimum Gasteiger partial charge on any atom is -0.495 e.